The van der Waals surface area contributed by atoms with E-state index in [0.29, 0.717) is 6.42 Å². The van der Waals surface area contributed by atoms with Gasteiger partial charge in [-0.1, -0.05) is 6.92 Å². The van der Waals surface area contributed by atoms with Gasteiger partial charge in [-0.15, -0.1) is 0 Å². The Labute approximate surface area is 108 Å². The lowest BCUT2D eigenvalue weighted by molar-refractivity contribution is -0.136. The molecule has 5 nitrogen and oxygen atoms in total. The monoisotopic (exact) mass is 272 g/mol. The van der Waals surface area contributed by atoms with Gasteiger partial charge in [0.05, 0.1) is 18.3 Å². The van der Waals surface area contributed by atoms with Gasteiger partial charge in [0.15, 0.2) is 0 Å². The van der Waals surface area contributed by atoms with E-state index < -0.39 is 35.2 Å². The van der Waals surface area contributed by atoms with Crippen LogP contribution >= 0.6 is 0 Å². The van der Waals surface area contributed by atoms with Gasteiger partial charge in [-0.05, 0) is 18.6 Å². The second kappa shape index (κ2) is 6.79. The van der Waals surface area contributed by atoms with Crippen LogP contribution < -0.4 is 10.6 Å². The molecular weight excluding hydrogens is 258 g/mol. The summed E-state index contributed by atoms with van der Waals surface area (Å²) < 4.78 is 26.1. The third-order valence-electron chi connectivity index (χ3n) is 2.43. The molecule has 1 aromatic rings. The molecule has 0 spiro atoms. The average Bonchev–Trinajstić information content (AvgIpc) is 2.39. The van der Waals surface area contributed by atoms with Gasteiger partial charge in [0.1, 0.15) is 11.6 Å². The lowest BCUT2D eigenvalue weighted by Crippen LogP contribution is -2.43. The molecule has 19 heavy (non-hydrogen) atoms. The summed E-state index contributed by atoms with van der Waals surface area (Å²) in [5.74, 6) is -3.74. The second-order valence-corrected chi connectivity index (χ2v) is 3.84. The van der Waals surface area contributed by atoms with Gasteiger partial charge in [-0.25, -0.2) is 8.78 Å². The predicted octanol–water partition coefficient (Wildman–Crippen LogP) is 0.790. The first-order chi connectivity index (χ1) is 8.97. The average molecular weight is 272 g/mol. The van der Waals surface area contributed by atoms with Gasteiger partial charge in [-0.3, -0.25) is 9.59 Å². The third kappa shape index (κ3) is 4.29. The molecule has 0 fully saturated rings. The van der Waals surface area contributed by atoms with E-state index in [9.17, 15) is 18.4 Å². The molecule has 0 heterocycles. The molecule has 0 saturated heterocycles. The van der Waals surface area contributed by atoms with Crippen LogP contribution in [0.15, 0.2) is 18.2 Å². The van der Waals surface area contributed by atoms with E-state index >= 15 is 0 Å². The maximum absolute atomic E-state index is 13.2. The topological polar surface area (TPSA) is 78.4 Å². The maximum atomic E-state index is 13.2. The number of anilines is 1. The van der Waals surface area contributed by atoms with E-state index in [0.717, 1.165) is 18.2 Å². The minimum absolute atomic E-state index is 0.316. The highest BCUT2D eigenvalue weighted by Crippen LogP contribution is 2.14. The Hall–Kier alpha value is -2.02. The Morgan fingerprint density at radius 2 is 2.00 bits per heavy atom. The van der Waals surface area contributed by atoms with Gasteiger partial charge in [-0.2, -0.15) is 0 Å². The summed E-state index contributed by atoms with van der Waals surface area (Å²) in [6.07, 6.45) is 0.434. The Morgan fingerprint density at radius 1 is 1.32 bits per heavy atom. The minimum atomic E-state index is -1.13. The van der Waals surface area contributed by atoms with Crippen molar-refractivity contribution in [2.75, 3.05) is 11.9 Å². The van der Waals surface area contributed by atoms with Gasteiger partial charge >= 0.3 is 11.8 Å². The molecule has 1 aromatic carbocycles. The fourth-order valence-corrected chi connectivity index (χ4v) is 1.30. The zero-order chi connectivity index (χ0) is 14.4. The molecule has 3 N–H and O–H groups in total. The minimum Gasteiger partial charge on any atom is -0.394 e. The number of halogens is 2. The van der Waals surface area contributed by atoms with Crippen molar-refractivity contribution in [3.8, 4) is 0 Å². The smallest absolute Gasteiger partial charge is 0.313 e. The molecule has 0 aliphatic heterocycles. The highest BCUT2D eigenvalue weighted by Gasteiger charge is 2.18. The first kappa shape index (κ1) is 15.0. The molecule has 2 amide bonds. The van der Waals surface area contributed by atoms with Gasteiger partial charge in [0, 0.05) is 6.07 Å². The zero-order valence-corrected chi connectivity index (χ0v) is 10.2. The number of hydrogen-bond acceptors (Lipinski definition) is 3. The maximum Gasteiger partial charge on any atom is 0.313 e. The molecule has 0 aliphatic carbocycles. The number of aliphatic hydroxyl groups is 1. The summed E-state index contributed by atoms with van der Waals surface area (Å²) in [5, 5.41) is 13.1. The van der Waals surface area contributed by atoms with Crippen molar-refractivity contribution in [2.45, 2.75) is 19.4 Å². The molecule has 0 aliphatic rings. The van der Waals surface area contributed by atoms with Crippen LogP contribution in [0.1, 0.15) is 13.3 Å². The van der Waals surface area contributed by atoms with E-state index in [4.69, 9.17) is 5.11 Å². The number of carbonyl (C=O) groups excluding carboxylic acids is 2. The number of carbonyl (C=O) groups is 2. The van der Waals surface area contributed by atoms with E-state index in [1.54, 1.807) is 6.92 Å². The van der Waals surface area contributed by atoms with Crippen molar-refractivity contribution in [3.63, 3.8) is 0 Å². The molecule has 0 unspecified atom stereocenters. The summed E-state index contributed by atoms with van der Waals surface area (Å²) in [6.45, 7) is 1.40. The van der Waals surface area contributed by atoms with Crippen molar-refractivity contribution in [2.24, 2.45) is 0 Å². The molecular formula is C12H14F2N2O3. The molecule has 1 atom stereocenters. The number of amides is 2. The number of nitrogens with one attached hydrogen (secondary N) is 2. The van der Waals surface area contributed by atoms with Crippen molar-refractivity contribution in [1.29, 1.82) is 0 Å². The Kier molecular flexibility index (Phi) is 5.37. The quantitative estimate of drug-likeness (QED) is 0.709. The molecule has 0 radical (unpaired) electrons. The molecule has 0 aromatic heterocycles. The standard InChI is InChI=1S/C12H14F2N2O3/c1-2-8(6-17)15-11(18)12(19)16-10-5-7(13)3-4-9(10)14/h3-5,8,17H,2,6H2,1H3,(H,15,18)(H,16,19)/t8-/m0/s1. The Balaban J connectivity index is 2.69. The van der Waals surface area contributed by atoms with Crippen molar-refractivity contribution < 1.29 is 23.5 Å². The van der Waals surface area contributed by atoms with Crippen LogP contribution in [0.25, 0.3) is 0 Å². The van der Waals surface area contributed by atoms with E-state index in [1.165, 1.54) is 0 Å². The zero-order valence-electron chi connectivity index (χ0n) is 10.2. The van der Waals surface area contributed by atoms with Crippen LogP contribution in [0.3, 0.4) is 0 Å². The Morgan fingerprint density at radius 3 is 2.58 bits per heavy atom. The van der Waals surface area contributed by atoms with E-state index in [2.05, 4.69) is 5.32 Å². The van der Waals surface area contributed by atoms with Gasteiger partial charge < -0.3 is 15.7 Å². The van der Waals surface area contributed by atoms with Crippen molar-refractivity contribution in [1.82, 2.24) is 5.32 Å². The molecule has 7 heteroatoms. The second-order valence-electron chi connectivity index (χ2n) is 3.84. The fraction of sp³-hybridized carbons (Fsp3) is 0.333. The van der Waals surface area contributed by atoms with Crippen LogP contribution in [0.4, 0.5) is 14.5 Å². The number of rotatable bonds is 4. The summed E-state index contributed by atoms with van der Waals surface area (Å²) >= 11 is 0. The van der Waals surface area contributed by atoms with Crippen LogP contribution in [-0.4, -0.2) is 29.6 Å². The predicted molar refractivity (Wildman–Crippen MR) is 64.3 cm³/mol. The molecule has 0 saturated carbocycles. The lowest BCUT2D eigenvalue weighted by Gasteiger charge is -2.13. The first-order valence-electron chi connectivity index (χ1n) is 5.65. The molecule has 1 rings (SSSR count). The van der Waals surface area contributed by atoms with Crippen LogP contribution in [-0.2, 0) is 9.59 Å². The third-order valence-corrected chi connectivity index (χ3v) is 2.43. The first-order valence-corrected chi connectivity index (χ1v) is 5.65. The number of aliphatic hydroxyl groups excluding tert-OH is 1. The number of benzene rings is 1. The van der Waals surface area contributed by atoms with Crippen LogP contribution in [0, 0.1) is 11.6 Å². The highest BCUT2D eigenvalue weighted by molar-refractivity contribution is 6.39. The fourth-order valence-electron chi connectivity index (χ4n) is 1.30. The largest absolute Gasteiger partial charge is 0.394 e. The normalized spacial score (nSPS) is 11.8. The number of hydrogen-bond donors (Lipinski definition) is 3. The molecule has 104 valence electrons. The summed E-state index contributed by atoms with van der Waals surface area (Å²) in [5.41, 5.74) is -0.419. The SMILES string of the molecule is CC[C@@H](CO)NC(=O)C(=O)Nc1cc(F)ccc1F. The van der Waals surface area contributed by atoms with Crippen LogP contribution in [0.5, 0.6) is 0 Å². The van der Waals surface area contributed by atoms with Crippen molar-refractivity contribution in [3.05, 3.63) is 29.8 Å². The van der Waals surface area contributed by atoms with Gasteiger partial charge in [0.25, 0.3) is 0 Å². The highest BCUT2D eigenvalue weighted by atomic mass is 19.1. The summed E-state index contributed by atoms with van der Waals surface area (Å²) in [7, 11) is 0. The van der Waals surface area contributed by atoms with Crippen LogP contribution in [0.2, 0.25) is 0 Å². The Bertz CT molecular complexity index is 476. The summed E-state index contributed by atoms with van der Waals surface area (Å²) in [6, 6.07) is 1.94. The van der Waals surface area contributed by atoms with Gasteiger partial charge in [0.2, 0.25) is 0 Å². The van der Waals surface area contributed by atoms with E-state index in [1.807, 2.05) is 5.32 Å². The van der Waals surface area contributed by atoms with E-state index in [-0.39, 0.29) is 6.61 Å². The summed E-state index contributed by atoms with van der Waals surface area (Å²) in [4.78, 5) is 22.9. The lowest BCUT2D eigenvalue weighted by atomic mass is 10.2. The molecule has 0 bridgehead atoms. The van der Waals surface area contributed by atoms with Crippen molar-refractivity contribution >= 4 is 17.5 Å².